The molecule has 0 aliphatic heterocycles. The molecule has 108 valence electrons. The Bertz CT molecular complexity index is 516. The summed E-state index contributed by atoms with van der Waals surface area (Å²) in [7, 11) is 2.04. The number of hydrogen-bond donors (Lipinski definition) is 0. The smallest absolute Gasteiger partial charge is 0.195 e. The van der Waals surface area contributed by atoms with E-state index < -0.39 is 0 Å². The molecule has 3 nitrogen and oxygen atoms in total. The Hall–Kier alpha value is -1.52. The van der Waals surface area contributed by atoms with Gasteiger partial charge < -0.3 is 14.1 Å². The maximum absolute atomic E-state index is 5.73. The Balaban J connectivity index is 1.71. The lowest BCUT2D eigenvalue weighted by Gasteiger charge is -2.13. The highest BCUT2D eigenvalue weighted by Gasteiger charge is 2.05. The van der Waals surface area contributed by atoms with Crippen molar-refractivity contribution in [1.82, 2.24) is 0 Å². The maximum Gasteiger partial charge on any atom is 0.195 e. The average Bonchev–Trinajstić information content (AvgIpc) is 3.09. The fraction of sp³-hybridized carbons (Fsp3) is 0.375. The summed E-state index contributed by atoms with van der Waals surface area (Å²) in [6.07, 6.45) is 5.20. The Morgan fingerprint density at radius 3 is 3.00 bits per heavy atom. The third kappa shape index (κ3) is 4.54. The predicted molar refractivity (Wildman–Crippen MR) is 85.3 cm³/mol. The molecular formula is C16H21NO2S. The summed E-state index contributed by atoms with van der Waals surface area (Å²) < 4.78 is 11.3. The molecule has 0 aliphatic carbocycles. The Labute approximate surface area is 124 Å². The Morgan fingerprint density at radius 1 is 1.35 bits per heavy atom. The van der Waals surface area contributed by atoms with Crippen LogP contribution in [0.1, 0.15) is 24.7 Å². The third-order valence-electron chi connectivity index (χ3n) is 2.89. The number of nitrogens with zero attached hydrogens (tertiary/aromatic N) is 1. The van der Waals surface area contributed by atoms with Crippen molar-refractivity contribution in [2.24, 2.45) is 0 Å². The molecule has 20 heavy (non-hydrogen) atoms. The van der Waals surface area contributed by atoms with Crippen molar-refractivity contribution in [3.05, 3.63) is 46.4 Å². The highest BCUT2D eigenvalue weighted by molar-refractivity contribution is 7.08. The van der Waals surface area contributed by atoms with E-state index in [9.17, 15) is 0 Å². The van der Waals surface area contributed by atoms with Crippen molar-refractivity contribution in [2.75, 3.05) is 25.1 Å². The van der Waals surface area contributed by atoms with Crippen LogP contribution in [0.3, 0.4) is 0 Å². The van der Waals surface area contributed by atoms with Crippen LogP contribution in [0, 0.1) is 0 Å². The van der Waals surface area contributed by atoms with Gasteiger partial charge in [0.05, 0.1) is 6.61 Å². The lowest BCUT2D eigenvalue weighted by Crippen LogP contribution is -2.16. The van der Waals surface area contributed by atoms with E-state index in [4.69, 9.17) is 9.15 Å². The zero-order valence-electron chi connectivity index (χ0n) is 12.0. The molecule has 0 saturated heterocycles. The van der Waals surface area contributed by atoms with Crippen LogP contribution in [0.4, 0.5) is 5.88 Å². The predicted octanol–water partition coefficient (Wildman–Crippen LogP) is 4.42. The Kier molecular flexibility index (Phi) is 5.89. The molecule has 0 fully saturated rings. The van der Waals surface area contributed by atoms with Crippen LogP contribution in [0.5, 0.6) is 0 Å². The molecular weight excluding hydrogens is 270 g/mol. The lowest BCUT2D eigenvalue weighted by atomic mass is 10.3. The molecule has 0 amide bonds. The topological polar surface area (TPSA) is 25.6 Å². The second-order valence-electron chi connectivity index (χ2n) is 4.64. The van der Waals surface area contributed by atoms with Crippen molar-refractivity contribution < 1.29 is 9.15 Å². The number of rotatable bonds is 8. The number of thiophene rings is 1. The fourth-order valence-corrected chi connectivity index (χ4v) is 2.51. The first-order chi connectivity index (χ1) is 9.79. The van der Waals surface area contributed by atoms with Crippen LogP contribution in [0.25, 0.3) is 6.08 Å². The summed E-state index contributed by atoms with van der Waals surface area (Å²) >= 11 is 1.70. The number of furan rings is 1. The van der Waals surface area contributed by atoms with Crippen molar-refractivity contribution in [3.63, 3.8) is 0 Å². The largest absolute Gasteiger partial charge is 0.443 e. The molecule has 0 atom stereocenters. The summed E-state index contributed by atoms with van der Waals surface area (Å²) in [5.74, 6) is 1.77. The van der Waals surface area contributed by atoms with Gasteiger partial charge in [0.25, 0.3) is 0 Å². The summed E-state index contributed by atoms with van der Waals surface area (Å²) in [5.41, 5.74) is 1.22. The van der Waals surface area contributed by atoms with Crippen LogP contribution in [-0.4, -0.2) is 20.2 Å². The molecule has 0 aromatic carbocycles. The summed E-state index contributed by atoms with van der Waals surface area (Å²) in [4.78, 5) is 2.11. The van der Waals surface area contributed by atoms with Crippen LogP contribution in [0.15, 0.2) is 39.5 Å². The van der Waals surface area contributed by atoms with Gasteiger partial charge in [0, 0.05) is 19.7 Å². The summed E-state index contributed by atoms with van der Waals surface area (Å²) in [6, 6.07) is 6.06. The molecule has 0 saturated carbocycles. The standard InChI is InChI=1S/C16H21NO2S/c1-3-9-17(2)16-7-6-15(19-16)12-18-10-4-5-14-8-11-20-13-14/h4-8,11,13H,3,9-10,12H2,1-2H3/b5-4+. The minimum atomic E-state index is 0.508. The minimum Gasteiger partial charge on any atom is -0.443 e. The van der Waals surface area contributed by atoms with E-state index in [1.165, 1.54) is 5.56 Å². The molecule has 2 heterocycles. The van der Waals surface area contributed by atoms with Gasteiger partial charge in [0.2, 0.25) is 0 Å². The van der Waals surface area contributed by atoms with E-state index in [0.29, 0.717) is 13.2 Å². The molecule has 2 rings (SSSR count). The second-order valence-corrected chi connectivity index (χ2v) is 5.42. The second kappa shape index (κ2) is 7.92. The average molecular weight is 291 g/mol. The SMILES string of the molecule is CCCN(C)c1ccc(COC/C=C/c2ccsc2)o1. The van der Waals surface area contributed by atoms with Gasteiger partial charge in [0.15, 0.2) is 5.88 Å². The van der Waals surface area contributed by atoms with Gasteiger partial charge in [-0.1, -0.05) is 19.1 Å². The van der Waals surface area contributed by atoms with Gasteiger partial charge in [-0.15, -0.1) is 0 Å². The lowest BCUT2D eigenvalue weighted by molar-refractivity contribution is 0.132. The van der Waals surface area contributed by atoms with E-state index in [2.05, 4.69) is 34.7 Å². The summed E-state index contributed by atoms with van der Waals surface area (Å²) in [6.45, 7) is 4.26. The Morgan fingerprint density at radius 2 is 2.25 bits per heavy atom. The first-order valence-electron chi connectivity index (χ1n) is 6.86. The van der Waals surface area contributed by atoms with E-state index in [1.807, 2.05) is 25.3 Å². The van der Waals surface area contributed by atoms with Crippen molar-refractivity contribution in [3.8, 4) is 0 Å². The van der Waals surface area contributed by atoms with Crippen LogP contribution in [-0.2, 0) is 11.3 Å². The van der Waals surface area contributed by atoms with Gasteiger partial charge in [-0.05, 0) is 34.9 Å². The molecule has 2 aromatic rings. The zero-order valence-corrected chi connectivity index (χ0v) is 12.9. The van der Waals surface area contributed by atoms with Gasteiger partial charge in [-0.3, -0.25) is 0 Å². The molecule has 4 heteroatoms. The molecule has 0 spiro atoms. The van der Waals surface area contributed by atoms with E-state index in [-0.39, 0.29) is 0 Å². The molecule has 0 N–H and O–H groups in total. The minimum absolute atomic E-state index is 0.508. The first-order valence-corrected chi connectivity index (χ1v) is 7.80. The quantitative estimate of drug-likeness (QED) is 0.673. The first kappa shape index (κ1) is 14.9. The van der Waals surface area contributed by atoms with Gasteiger partial charge in [0.1, 0.15) is 12.4 Å². The fourth-order valence-electron chi connectivity index (χ4n) is 1.88. The van der Waals surface area contributed by atoms with E-state index >= 15 is 0 Å². The van der Waals surface area contributed by atoms with Crippen LogP contribution < -0.4 is 4.90 Å². The van der Waals surface area contributed by atoms with Crippen LogP contribution in [0.2, 0.25) is 0 Å². The molecule has 0 aliphatic rings. The van der Waals surface area contributed by atoms with Crippen molar-refractivity contribution in [2.45, 2.75) is 20.0 Å². The third-order valence-corrected chi connectivity index (χ3v) is 3.60. The zero-order chi connectivity index (χ0) is 14.2. The van der Waals surface area contributed by atoms with Gasteiger partial charge >= 0.3 is 0 Å². The molecule has 0 radical (unpaired) electrons. The highest BCUT2D eigenvalue weighted by Crippen LogP contribution is 2.18. The van der Waals surface area contributed by atoms with Crippen molar-refractivity contribution in [1.29, 1.82) is 0 Å². The highest BCUT2D eigenvalue weighted by atomic mass is 32.1. The normalized spacial score (nSPS) is 11.3. The number of hydrogen-bond acceptors (Lipinski definition) is 4. The van der Waals surface area contributed by atoms with Crippen LogP contribution >= 0.6 is 11.3 Å². The van der Waals surface area contributed by atoms with Gasteiger partial charge in [-0.2, -0.15) is 11.3 Å². The maximum atomic E-state index is 5.73. The van der Waals surface area contributed by atoms with E-state index in [1.54, 1.807) is 11.3 Å². The summed E-state index contributed by atoms with van der Waals surface area (Å²) in [5, 5.41) is 4.18. The number of ether oxygens (including phenoxy) is 1. The van der Waals surface area contributed by atoms with Gasteiger partial charge in [-0.25, -0.2) is 0 Å². The number of anilines is 1. The molecule has 0 unspecified atom stereocenters. The molecule has 2 aromatic heterocycles. The van der Waals surface area contributed by atoms with Crippen molar-refractivity contribution >= 4 is 23.3 Å². The van der Waals surface area contributed by atoms with E-state index in [0.717, 1.165) is 24.6 Å². The molecule has 0 bridgehead atoms. The monoisotopic (exact) mass is 291 g/mol.